The standard InChI is InChI=1S/C45H26N6O/c46-27-35-39(28-11-19-47-20-12-28)41(30-15-23-49-24-16-30)44(42(31-17-25-50-26-18-31)40(35)29-13-21-48-22-14-29)51-36-7-3-1-6-34(36)43-37(51)10-9-33-32-5-2-4-8-38(32)52-45(33)43/h1-26H. The minimum atomic E-state index is 0.542. The highest BCUT2D eigenvalue weighted by molar-refractivity contribution is 6.24. The Morgan fingerprint density at radius 2 is 0.942 bits per heavy atom. The van der Waals surface area contributed by atoms with Gasteiger partial charge in [0.2, 0.25) is 0 Å². The van der Waals surface area contributed by atoms with Crippen LogP contribution >= 0.6 is 0 Å². The molecule has 7 heteroatoms. The van der Waals surface area contributed by atoms with E-state index in [1.54, 1.807) is 49.6 Å². The van der Waals surface area contributed by atoms with E-state index in [0.717, 1.165) is 93.9 Å². The highest BCUT2D eigenvalue weighted by Gasteiger charge is 2.31. The summed E-state index contributed by atoms with van der Waals surface area (Å²) in [5.41, 5.74) is 12.1. The predicted molar refractivity (Wildman–Crippen MR) is 206 cm³/mol. The largest absolute Gasteiger partial charge is 0.455 e. The molecule has 0 saturated heterocycles. The molecule has 0 spiro atoms. The Morgan fingerprint density at radius 3 is 1.48 bits per heavy atom. The van der Waals surface area contributed by atoms with E-state index in [4.69, 9.17) is 4.42 Å². The zero-order valence-electron chi connectivity index (χ0n) is 27.6. The maximum atomic E-state index is 11.3. The van der Waals surface area contributed by atoms with Crippen molar-refractivity contribution in [2.24, 2.45) is 0 Å². The first-order valence-electron chi connectivity index (χ1n) is 16.9. The van der Waals surface area contributed by atoms with Gasteiger partial charge in [0.15, 0.2) is 0 Å². The van der Waals surface area contributed by atoms with Crippen LogP contribution in [0.2, 0.25) is 0 Å². The summed E-state index contributed by atoms with van der Waals surface area (Å²) in [6.45, 7) is 0. The van der Waals surface area contributed by atoms with E-state index in [-0.39, 0.29) is 0 Å². The second-order valence-electron chi connectivity index (χ2n) is 12.6. The van der Waals surface area contributed by atoms with Gasteiger partial charge in [0.25, 0.3) is 0 Å². The summed E-state index contributed by atoms with van der Waals surface area (Å²) < 4.78 is 9.04. The Bertz CT molecular complexity index is 2900. The Hall–Kier alpha value is -7.43. The summed E-state index contributed by atoms with van der Waals surface area (Å²) in [5.74, 6) is 0. The fraction of sp³-hybridized carbons (Fsp3) is 0. The summed E-state index contributed by atoms with van der Waals surface area (Å²) >= 11 is 0. The molecule has 0 aliphatic carbocycles. The van der Waals surface area contributed by atoms with Gasteiger partial charge >= 0.3 is 0 Å². The molecular weight excluding hydrogens is 641 g/mol. The molecule has 0 unspecified atom stereocenters. The molecular formula is C45H26N6O. The SMILES string of the molecule is N#Cc1c(-c2ccncc2)c(-c2ccncc2)c(-n2c3ccccc3c3c4oc5ccccc5c4ccc32)c(-c2ccncc2)c1-c1ccncc1. The van der Waals surface area contributed by atoms with E-state index in [9.17, 15) is 5.26 Å². The summed E-state index contributed by atoms with van der Waals surface area (Å²) in [6.07, 6.45) is 14.3. The molecule has 0 radical (unpaired) electrons. The molecule has 0 N–H and O–H groups in total. The molecule has 0 amide bonds. The van der Waals surface area contributed by atoms with Crippen LogP contribution in [0.4, 0.5) is 0 Å². The lowest BCUT2D eigenvalue weighted by molar-refractivity contribution is 0.673. The van der Waals surface area contributed by atoms with Crippen LogP contribution < -0.4 is 0 Å². The number of para-hydroxylation sites is 2. The minimum absolute atomic E-state index is 0.542. The minimum Gasteiger partial charge on any atom is -0.455 e. The number of nitriles is 1. The van der Waals surface area contributed by atoms with Crippen molar-refractivity contribution in [3.05, 3.63) is 164 Å². The average Bonchev–Trinajstić information content (AvgIpc) is 3.77. The smallest absolute Gasteiger partial charge is 0.145 e. The number of pyridine rings is 4. The third kappa shape index (κ3) is 4.38. The summed E-state index contributed by atoms with van der Waals surface area (Å²) in [4.78, 5) is 17.5. The number of furan rings is 1. The van der Waals surface area contributed by atoms with Gasteiger partial charge in [-0.25, -0.2) is 0 Å². The molecule has 242 valence electrons. The quantitative estimate of drug-likeness (QED) is 0.181. The van der Waals surface area contributed by atoms with Crippen molar-refractivity contribution in [2.75, 3.05) is 0 Å². The van der Waals surface area contributed by atoms with Crippen LogP contribution in [0.1, 0.15) is 5.56 Å². The summed E-state index contributed by atoms with van der Waals surface area (Å²) in [6, 6.07) is 39.6. The van der Waals surface area contributed by atoms with Crippen LogP contribution in [0.25, 0.3) is 93.9 Å². The van der Waals surface area contributed by atoms with Gasteiger partial charge in [0.1, 0.15) is 17.2 Å². The second-order valence-corrected chi connectivity index (χ2v) is 12.6. The monoisotopic (exact) mass is 666 g/mol. The number of aromatic nitrogens is 5. The highest BCUT2D eigenvalue weighted by Crippen LogP contribution is 2.52. The molecule has 4 aromatic carbocycles. The molecule has 0 aliphatic rings. The predicted octanol–water partition coefficient (Wildman–Crippen LogP) is 10.8. The lowest BCUT2D eigenvalue weighted by Gasteiger charge is -2.27. The van der Waals surface area contributed by atoms with Gasteiger partial charge in [-0.3, -0.25) is 19.9 Å². The van der Waals surface area contributed by atoms with Crippen molar-refractivity contribution in [1.82, 2.24) is 24.5 Å². The molecule has 52 heavy (non-hydrogen) atoms. The normalized spacial score (nSPS) is 11.4. The fourth-order valence-electron chi connectivity index (χ4n) is 7.76. The maximum Gasteiger partial charge on any atom is 0.145 e. The van der Waals surface area contributed by atoms with Gasteiger partial charge in [-0.1, -0.05) is 36.4 Å². The third-order valence-electron chi connectivity index (χ3n) is 9.87. The Labute approximate surface area is 297 Å². The first-order chi connectivity index (χ1) is 25.8. The third-order valence-corrected chi connectivity index (χ3v) is 9.87. The molecule has 7 nitrogen and oxygen atoms in total. The van der Waals surface area contributed by atoms with Crippen molar-refractivity contribution < 1.29 is 4.42 Å². The number of fused-ring (bicyclic) bond motifs is 7. The van der Waals surface area contributed by atoms with Crippen molar-refractivity contribution in [2.45, 2.75) is 0 Å². The van der Waals surface area contributed by atoms with E-state index >= 15 is 0 Å². The van der Waals surface area contributed by atoms with E-state index in [0.29, 0.717) is 5.56 Å². The summed E-state index contributed by atoms with van der Waals surface area (Å²) in [7, 11) is 0. The van der Waals surface area contributed by atoms with Crippen LogP contribution in [-0.2, 0) is 0 Å². The fourth-order valence-corrected chi connectivity index (χ4v) is 7.76. The van der Waals surface area contributed by atoms with Crippen molar-refractivity contribution in [3.8, 4) is 56.3 Å². The number of nitrogens with zero attached hydrogens (tertiary/aromatic N) is 6. The average molecular weight is 667 g/mol. The molecule has 10 rings (SSSR count). The van der Waals surface area contributed by atoms with Gasteiger partial charge in [-0.05, 0) is 95.1 Å². The van der Waals surface area contributed by atoms with E-state index in [2.05, 4.69) is 73.0 Å². The van der Waals surface area contributed by atoms with Gasteiger partial charge in [-0.15, -0.1) is 0 Å². The molecule has 0 aliphatic heterocycles. The van der Waals surface area contributed by atoms with E-state index in [1.807, 2.05) is 66.7 Å². The highest BCUT2D eigenvalue weighted by atomic mass is 16.3. The molecule has 0 saturated carbocycles. The lowest BCUT2D eigenvalue weighted by Crippen LogP contribution is -2.07. The summed E-state index contributed by atoms with van der Waals surface area (Å²) in [5, 5.41) is 15.5. The van der Waals surface area contributed by atoms with Crippen molar-refractivity contribution in [3.63, 3.8) is 0 Å². The van der Waals surface area contributed by atoms with Crippen molar-refractivity contribution in [1.29, 1.82) is 5.26 Å². The number of benzene rings is 4. The topological polar surface area (TPSA) is 93.4 Å². The van der Waals surface area contributed by atoms with Crippen LogP contribution in [0, 0.1) is 11.3 Å². The lowest BCUT2D eigenvalue weighted by atomic mass is 9.80. The van der Waals surface area contributed by atoms with E-state index < -0.39 is 0 Å². The molecule has 0 fully saturated rings. The first-order valence-corrected chi connectivity index (χ1v) is 16.9. The van der Waals surface area contributed by atoms with Gasteiger partial charge in [-0.2, -0.15) is 5.26 Å². The maximum absolute atomic E-state index is 11.3. The molecule has 6 heterocycles. The van der Waals surface area contributed by atoms with Gasteiger partial charge in [0.05, 0.1) is 27.7 Å². The Morgan fingerprint density at radius 1 is 0.462 bits per heavy atom. The Kier molecular flexibility index (Phi) is 6.73. The van der Waals surface area contributed by atoms with Crippen LogP contribution in [0.5, 0.6) is 0 Å². The number of hydrogen-bond acceptors (Lipinski definition) is 6. The van der Waals surface area contributed by atoms with Crippen LogP contribution in [-0.4, -0.2) is 24.5 Å². The van der Waals surface area contributed by atoms with Gasteiger partial charge < -0.3 is 8.98 Å². The zero-order valence-corrected chi connectivity index (χ0v) is 27.6. The molecule has 10 aromatic rings. The molecule has 6 aromatic heterocycles. The Balaban J connectivity index is 1.52. The van der Waals surface area contributed by atoms with Crippen LogP contribution in [0.3, 0.4) is 0 Å². The van der Waals surface area contributed by atoms with Crippen molar-refractivity contribution >= 4 is 43.7 Å². The van der Waals surface area contributed by atoms with Crippen LogP contribution in [0.15, 0.2) is 163 Å². The van der Waals surface area contributed by atoms with Gasteiger partial charge in [0, 0.05) is 88.0 Å². The molecule has 0 bridgehead atoms. The zero-order chi connectivity index (χ0) is 34.6. The number of hydrogen-bond donors (Lipinski definition) is 0. The first kappa shape index (κ1) is 29.5. The van der Waals surface area contributed by atoms with E-state index in [1.165, 1.54) is 0 Å². The number of rotatable bonds is 5. The second kappa shape index (κ2) is 11.9. The molecule has 0 atom stereocenters.